The molecule has 0 spiro atoms. The highest BCUT2D eigenvalue weighted by Crippen LogP contribution is 2.36. The highest BCUT2D eigenvalue weighted by atomic mass is 16.6. The number of rotatable bonds is 3. The first-order chi connectivity index (χ1) is 8.93. The fourth-order valence-electron chi connectivity index (χ4n) is 1.33. The number of benzene rings is 1. The molecule has 3 N–H and O–H groups in total. The molecule has 0 atom stereocenters. The molecule has 0 bridgehead atoms. The number of hydrogen-bond acceptors (Lipinski definition) is 7. The van der Waals surface area contributed by atoms with Crippen LogP contribution in [0.1, 0.15) is 15.9 Å². The van der Waals surface area contributed by atoms with E-state index in [9.17, 15) is 30.1 Å². The molecule has 1 aromatic carbocycles. The van der Waals surface area contributed by atoms with E-state index in [-0.39, 0.29) is 12.8 Å². The number of aromatic hydroxyl groups is 1. The van der Waals surface area contributed by atoms with E-state index < -0.39 is 38.1 Å². The quantitative estimate of drug-likeness (QED) is 0.346. The Labute approximate surface area is 105 Å². The van der Waals surface area contributed by atoms with Gasteiger partial charge >= 0.3 is 5.69 Å². The smallest absolute Gasteiger partial charge is 0.318 e. The summed E-state index contributed by atoms with van der Waals surface area (Å²) in [7, 11) is 0. The maximum absolute atomic E-state index is 10.9. The third-order valence-corrected chi connectivity index (χ3v) is 2.12. The molecule has 0 aliphatic carbocycles. The van der Waals surface area contributed by atoms with Crippen LogP contribution in [0.4, 0.5) is 11.4 Å². The first-order valence-electron chi connectivity index (χ1n) is 4.76. The van der Waals surface area contributed by atoms with Crippen LogP contribution < -0.4 is 5.73 Å². The molecule has 0 unspecified atom stereocenters. The first kappa shape index (κ1) is 14.1. The average Bonchev–Trinajstić information content (AvgIpc) is 2.35. The molecule has 9 nitrogen and oxygen atoms in total. The van der Waals surface area contributed by atoms with Gasteiger partial charge < -0.3 is 10.8 Å². The Kier molecular flexibility index (Phi) is 4.12. The van der Waals surface area contributed by atoms with Crippen molar-refractivity contribution in [3.05, 3.63) is 37.4 Å². The van der Waals surface area contributed by atoms with Crippen molar-refractivity contribution in [1.29, 1.82) is 0 Å². The van der Waals surface area contributed by atoms with Crippen LogP contribution in [0, 0.1) is 32.1 Å². The van der Waals surface area contributed by atoms with Crippen LogP contribution in [0.25, 0.3) is 0 Å². The summed E-state index contributed by atoms with van der Waals surface area (Å²) in [4.78, 5) is 30.4. The molecule has 1 aromatic rings. The number of phenols is 1. The molecule has 0 radical (unpaired) electrons. The maximum Gasteiger partial charge on any atom is 0.318 e. The van der Waals surface area contributed by atoms with E-state index in [1.165, 1.54) is 0 Å². The Morgan fingerprint density at radius 2 is 1.89 bits per heavy atom. The van der Waals surface area contributed by atoms with Gasteiger partial charge in [-0.2, -0.15) is 0 Å². The van der Waals surface area contributed by atoms with Gasteiger partial charge in [-0.05, 0) is 0 Å². The zero-order chi connectivity index (χ0) is 14.6. The molecule has 0 aromatic heterocycles. The SMILES string of the molecule is NCC#Cc1c([N+](=O)[O-])cc([N+](=O)[O-])c(O)c1C=O. The summed E-state index contributed by atoms with van der Waals surface area (Å²) in [6.07, 6.45) is 0.0653. The van der Waals surface area contributed by atoms with Crippen molar-refractivity contribution >= 4 is 17.7 Å². The monoisotopic (exact) mass is 265 g/mol. The van der Waals surface area contributed by atoms with E-state index in [4.69, 9.17) is 5.73 Å². The Morgan fingerprint density at radius 3 is 2.32 bits per heavy atom. The lowest BCUT2D eigenvalue weighted by Crippen LogP contribution is -2.02. The molecule has 0 saturated carbocycles. The number of aldehydes is 1. The maximum atomic E-state index is 10.9. The lowest BCUT2D eigenvalue weighted by atomic mass is 10.0. The lowest BCUT2D eigenvalue weighted by Gasteiger charge is -2.03. The fraction of sp³-hybridized carbons (Fsp3) is 0.100. The van der Waals surface area contributed by atoms with Gasteiger partial charge in [0.1, 0.15) is 5.56 Å². The minimum atomic E-state index is -1.03. The Bertz CT molecular complexity index is 628. The van der Waals surface area contributed by atoms with Crippen LogP contribution in [0.3, 0.4) is 0 Å². The second-order valence-corrected chi connectivity index (χ2v) is 3.19. The zero-order valence-electron chi connectivity index (χ0n) is 9.32. The van der Waals surface area contributed by atoms with Gasteiger partial charge in [-0.15, -0.1) is 0 Å². The van der Waals surface area contributed by atoms with Crippen molar-refractivity contribution in [3.63, 3.8) is 0 Å². The van der Waals surface area contributed by atoms with Crippen molar-refractivity contribution in [2.75, 3.05) is 6.54 Å². The topological polar surface area (TPSA) is 150 Å². The van der Waals surface area contributed by atoms with Gasteiger partial charge in [0.15, 0.2) is 6.29 Å². The van der Waals surface area contributed by atoms with E-state index in [2.05, 4.69) is 11.8 Å². The van der Waals surface area contributed by atoms with Gasteiger partial charge in [-0.1, -0.05) is 11.8 Å². The molecule has 0 heterocycles. The number of hydrogen-bond donors (Lipinski definition) is 2. The predicted octanol–water partition coefficient (Wildman–Crippen LogP) is 0.331. The molecule has 0 fully saturated rings. The van der Waals surface area contributed by atoms with Crippen molar-refractivity contribution in [2.45, 2.75) is 0 Å². The summed E-state index contributed by atoms with van der Waals surface area (Å²) in [5.41, 5.74) is 2.41. The van der Waals surface area contributed by atoms with Crippen LogP contribution in [-0.2, 0) is 0 Å². The van der Waals surface area contributed by atoms with Crippen LogP contribution in [-0.4, -0.2) is 27.8 Å². The summed E-state index contributed by atoms with van der Waals surface area (Å²) in [6.45, 7) is -0.132. The molecule has 98 valence electrons. The Balaban J connectivity index is 3.78. The summed E-state index contributed by atoms with van der Waals surface area (Å²) in [5, 5.41) is 31.0. The van der Waals surface area contributed by atoms with Crippen molar-refractivity contribution < 1.29 is 19.7 Å². The number of phenolic OH excluding ortho intramolecular Hbond substituents is 1. The number of carbonyl (C=O) groups is 1. The van der Waals surface area contributed by atoms with Crippen LogP contribution >= 0.6 is 0 Å². The Morgan fingerprint density at radius 1 is 1.32 bits per heavy atom. The minimum Gasteiger partial charge on any atom is -0.502 e. The molecule has 1 rings (SSSR count). The molecule has 0 aliphatic rings. The number of nitrogens with two attached hydrogens (primary N) is 1. The molecular formula is C10H7N3O6. The van der Waals surface area contributed by atoms with Crippen molar-refractivity contribution in [3.8, 4) is 17.6 Å². The summed E-state index contributed by atoms with van der Waals surface area (Å²) >= 11 is 0. The van der Waals surface area contributed by atoms with Crippen LogP contribution in [0.2, 0.25) is 0 Å². The van der Waals surface area contributed by atoms with E-state index in [1.54, 1.807) is 0 Å². The fourth-order valence-corrected chi connectivity index (χ4v) is 1.33. The molecule has 0 aliphatic heterocycles. The van der Waals surface area contributed by atoms with Crippen molar-refractivity contribution in [1.82, 2.24) is 0 Å². The highest BCUT2D eigenvalue weighted by Gasteiger charge is 2.28. The van der Waals surface area contributed by atoms with E-state index in [1.807, 2.05) is 0 Å². The standard InChI is InChI=1S/C10H7N3O6/c11-3-1-2-6-7(5-14)10(15)9(13(18)19)4-8(6)12(16)17/h4-5,15H,3,11H2. The second kappa shape index (κ2) is 5.56. The van der Waals surface area contributed by atoms with Gasteiger partial charge in [0.2, 0.25) is 5.75 Å². The van der Waals surface area contributed by atoms with E-state index >= 15 is 0 Å². The second-order valence-electron chi connectivity index (χ2n) is 3.19. The van der Waals surface area contributed by atoms with E-state index in [0.29, 0.717) is 6.07 Å². The van der Waals surface area contributed by atoms with Crippen LogP contribution in [0.15, 0.2) is 6.07 Å². The Hall–Kier alpha value is -2.99. The molecule has 9 heteroatoms. The summed E-state index contributed by atoms with van der Waals surface area (Å²) in [5.74, 6) is 3.57. The average molecular weight is 265 g/mol. The van der Waals surface area contributed by atoms with Gasteiger partial charge in [0, 0.05) is 0 Å². The van der Waals surface area contributed by atoms with Crippen molar-refractivity contribution in [2.24, 2.45) is 5.73 Å². The largest absolute Gasteiger partial charge is 0.502 e. The number of nitro benzene ring substituents is 2. The summed E-state index contributed by atoms with van der Waals surface area (Å²) in [6, 6.07) is 0.545. The number of nitrogens with zero attached hydrogens (tertiary/aromatic N) is 2. The van der Waals surface area contributed by atoms with Gasteiger partial charge in [0.25, 0.3) is 5.69 Å². The highest BCUT2D eigenvalue weighted by molar-refractivity contribution is 5.89. The zero-order valence-corrected chi connectivity index (χ0v) is 9.32. The number of carbonyl (C=O) groups excluding carboxylic acids is 1. The van der Waals surface area contributed by atoms with Gasteiger partial charge in [-0.25, -0.2) is 0 Å². The van der Waals surface area contributed by atoms with E-state index in [0.717, 1.165) is 0 Å². The molecule has 0 amide bonds. The van der Waals surface area contributed by atoms with Gasteiger partial charge in [0.05, 0.1) is 28.0 Å². The third-order valence-electron chi connectivity index (χ3n) is 2.12. The minimum absolute atomic E-state index is 0.0653. The normalized spacial score (nSPS) is 9.32. The van der Waals surface area contributed by atoms with Gasteiger partial charge in [-0.3, -0.25) is 25.0 Å². The predicted molar refractivity (Wildman–Crippen MR) is 62.7 cm³/mol. The molecule has 19 heavy (non-hydrogen) atoms. The third kappa shape index (κ3) is 2.64. The number of nitro groups is 2. The molecule has 0 saturated heterocycles. The first-order valence-corrected chi connectivity index (χ1v) is 4.76. The summed E-state index contributed by atoms with van der Waals surface area (Å²) < 4.78 is 0. The molecular weight excluding hydrogens is 258 g/mol. The van der Waals surface area contributed by atoms with Crippen LogP contribution in [0.5, 0.6) is 5.75 Å². The lowest BCUT2D eigenvalue weighted by molar-refractivity contribution is -0.394.